The molecule has 0 heterocycles. The molecule has 0 amide bonds. The molecule has 22 heavy (non-hydrogen) atoms. The number of hydrogen-bond acceptors (Lipinski definition) is 7. The molecule has 0 aromatic heterocycles. The van der Waals surface area contributed by atoms with Gasteiger partial charge in [0.2, 0.25) is 11.5 Å². The van der Waals surface area contributed by atoms with E-state index in [2.05, 4.69) is 35.9 Å². The third-order valence-electron chi connectivity index (χ3n) is 2.42. The number of carbonyl (C=O) groups excluding carboxylic acids is 3. The summed E-state index contributed by atoms with van der Waals surface area (Å²) >= 11 is 3.09. The lowest BCUT2D eigenvalue weighted by molar-refractivity contribution is -0.142. The van der Waals surface area contributed by atoms with Gasteiger partial charge in [0.15, 0.2) is 0 Å². The Labute approximate surface area is 133 Å². The standard InChI is InChI=1S/C13H12BrFN2O5/c1-21-10(19)6-9(18)12(13(20)22-2)17-16-11-7(14)4-3-5-8(11)15/h3-5,16H,6H2,1-2H3. The molecule has 118 valence electrons. The van der Waals surface area contributed by atoms with Gasteiger partial charge >= 0.3 is 11.9 Å². The van der Waals surface area contributed by atoms with Crippen LogP contribution in [0.5, 0.6) is 0 Å². The molecule has 9 heteroatoms. The minimum Gasteiger partial charge on any atom is -0.469 e. The molecule has 1 N–H and O–H groups in total. The number of nitrogens with zero attached hydrogens (tertiary/aromatic N) is 1. The highest BCUT2D eigenvalue weighted by molar-refractivity contribution is 9.10. The van der Waals surface area contributed by atoms with E-state index in [9.17, 15) is 18.8 Å². The van der Waals surface area contributed by atoms with Gasteiger partial charge in [0.25, 0.3) is 0 Å². The van der Waals surface area contributed by atoms with Crippen LogP contribution in [-0.4, -0.2) is 37.7 Å². The van der Waals surface area contributed by atoms with E-state index in [-0.39, 0.29) is 5.69 Å². The van der Waals surface area contributed by atoms with Gasteiger partial charge < -0.3 is 9.47 Å². The Kier molecular flexibility index (Phi) is 6.64. The smallest absolute Gasteiger partial charge is 0.362 e. The zero-order valence-electron chi connectivity index (χ0n) is 11.7. The highest BCUT2D eigenvalue weighted by Crippen LogP contribution is 2.25. The molecule has 0 unspecified atom stereocenters. The van der Waals surface area contributed by atoms with Crippen LogP contribution in [0.15, 0.2) is 27.8 Å². The lowest BCUT2D eigenvalue weighted by atomic mass is 10.2. The lowest BCUT2D eigenvalue weighted by Crippen LogP contribution is -2.28. The van der Waals surface area contributed by atoms with Crippen LogP contribution >= 0.6 is 15.9 Å². The number of hydrogen-bond donors (Lipinski definition) is 1. The van der Waals surface area contributed by atoms with E-state index >= 15 is 0 Å². The van der Waals surface area contributed by atoms with Crippen LogP contribution in [0.1, 0.15) is 6.42 Å². The monoisotopic (exact) mass is 374 g/mol. The SMILES string of the molecule is COC(=O)CC(=O)C(=NNc1c(F)cccc1Br)C(=O)OC. The summed E-state index contributed by atoms with van der Waals surface area (Å²) in [6.07, 6.45) is -0.690. The maximum Gasteiger partial charge on any atom is 0.362 e. The molecule has 1 rings (SSSR count). The van der Waals surface area contributed by atoms with Crippen molar-refractivity contribution in [3.63, 3.8) is 0 Å². The van der Waals surface area contributed by atoms with E-state index in [1.807, 2.05) is 0 Å². The zero-order chi connectivity index (χ0) is 16.7. The molecule has 7 nitrogen and oxygen atoms in total. The summed E-state index contributed by atoms with van der Waals surface area (Å²) in [5.41, 5.74) is 1.51. The summed E-state index contributed by atoms with van der Waals surface area (Å²) in [4.78, 5) is 34.5. The summed E-state index contributed by atoms with van der Waals surface area (Å²) < 4.78 is 22.7. The molecule has 0 aliphatic heterocycles. The van der Waals surface area contributed by atoms with Crippen molar-refractivity contribution in [3.8, 4) is 0 Å². The largest absolute Gasteiger partial charge is 0.469 e. The van der Waals surface area contributed by atoms with E-state index in [0.29, 0.717) is 4.47 Å². The molecule has 0 aliphatic rings. The minimum atomic E-state index is -1.06. The number of ketones is 1. The fourth-order valence-electron chi connectivity index (χ4n) is 1.32. The van der Waals surface area contributed by atoms with Crippen molar-refractivity contribution in [1.29, 1.82) is 0 Å². The van der Waals surface area contributed by atoms with Gasteiger partial charge in [-0.1, -0.05) is 6.07 Å². The van der Waals surface area contributed by atoms with Crippen molar-refractivity contribution >= 4 is 45.1 Å². The third kappa shape index (κ3) is 4.62. The van der Waals surface area contributed by atoms with Gasteiger partial charge in [0, 0.05) is 4.47 Å². The van der Waals surface area contributed by atoms with Crippen LogP contribution in [0.3, 0.4) is 0 Å². The minimum absolute atomic E-state index is 0.0743. The number of rotatable bonds is 6. The first-order valence-electron chi connectivity index (χ1n) is 5.86. The van der Waals surface area contributed by atoms with Gasteiger partial charge in [-0.15, -0.1) is 0 Å². The molecule has 0 saturated carbocycles. The van der Waals surface area contributed by atoms with E-state index in [0.717, 1.165) is 20.3 Å². The molecular formula is C13H12BrFN2O5. The number of anilines is 1. The molecule has 0 radical (unpaired) electrons. The first-order valence-corrected chi connectivity index (χ1v) is 6.66. The molecule has 0 saturated heterocycles. The molecule has 0 fully saturated rings. The van der Waals surface area contributed by atoms with Gasteiger partial charge in [-0.05, 0) is 28.1 Å². The quantitative estimate of drug-likeness (QED) is 0.352. The first-order chi connectivity index (χ1) is 10.4. The molecule has 1 aromatic rings. The van der Waals surface area contributed by atoms with Gasteiger partial charge in [-0.2, -0.15) is 5.10 Å². The van der Waals surface area contributed by atoms with E-state index < -0.39 is 35.7 Å². The second-order valence-electron chi connectivity index (χ2n) is 3.84. The van der Waals surface area contributed by atoms with Gasteiger partial charge in [-0.3, -0.25) is 15.0 Å². The predicted octanol–water partition coefficient (Wildman–Crippen LogP) is 1.66. The normalized spacial score (nSPS) is 10.8. The van der Waals surface area contributed by atoms with E-state index in [1.54, 1.807) is 0 Å². The summed E-state index contributed by atoms with van der Waals surface area (Å²) in [7, 11) is 2.14. The number of carbonyl (C=O) groups is 3. The lowest BCUT2D eigenvalue weighted by Gasteiger charge is -2.07. The number of halogens is 2. The van der Waals surface area contributed by atoms with Crippen LogP contribution in [0, 0.1) is 5.82 Å². The predicted molar refractivity (Wildman–Crippen MR) is 78.8 cm³/mol. The molecule has 0 spiro atoms. The second kappa shape index (κ2) is 8.23. The van der Waals surface area contributed by atoms with Gasteiger partial charge in [0.05, 0.1) is 14.2 Å². The summed E-state index contributed by atoms with van der Waals surface area (Å²) in [6, 6.07) is 4.16. The molecule has 1 aromatic carbocycles. The Balaban J connectivity index is 3.04. The second-order valence-corrected chi connectivity index (χ2v) is 4.69. The number of methoxy groups -OCH3 is 2. The highest BCUT2D eigenvalue weighted by atomic mass is 79.9. The van der Waals surface area contributed by atoms with E-state index in [1.165, 1.54) is 12.1 Å². The number of nitrogens with one attached hydrogen (secondary N) is 1. The average Bonchev–Trinajstić information content (AvgIpc) is 2.49. The maximum absolute atomic E-state index is 13.6. The number of para-hydroxylation sites is 1. The van der Waals surface area contributed by atoms with Crippen molar-refractivity contribution in [1.82, 2.24) is 0 Å². The summed E-state index contributed by atoms with van der Waals surface area (Å²) in [5.74, 6) is -3.47. The number of hydrazone groups is 1. The van der Waals surface area contributed by atoms with Crippen molar-refractivity contribution in [2.24, 2.45) is 5.10 Å². The zero-order valence-corrected chi connectivity index (χ0v) is 13.3. The Morgan fingerprint density at radius 1 is 1.27 bits per heavy atom. The number of ether oxygens (including phenoxy) is 2. The Morgan fingerprint density at radius 3 is 2.50 bits per heavy atom. The van der Waals surface area contributed by atoms with Crippen molar-refractivity contribution in [3.05, 3.63) is 28.5 Å². The van der Waals surface area contributed by atoms with Gasteiger partial charge in [-0.25, -0.2) is 9.18 Å². The van der Waals surface area contributed by atoms with Crippen molar-refractivity contribution < 1.29 is 28.2 Å². The Hall–Kier alpha value is -2.29. The molecule has 0 aliphatic carbocycles. The average molecular weight is 375 g/mol. The van der Waals surface area contributed by atoms with Crippen LogP contribution in [0.2, 0.25) is 0 Å². The van der Waals surface area contributed by atoms with Crippen molar-refractivity contribution in [2.75, 3.05) is 19.6 Å². The fraction of sp³-hybridized carbons (Fsp3) is 0.231. The Bertz CT molecular complexity index is 613. The van der Waals surface area contributed by atoms with Crippen LogP contribution in [-0.2, 0) is 23.9 Å². The van der Waals surface area contributed by atoms with E-state index in [4.69, 9.17) is 0 Å². The van der Waals surface area contributed by atoms with Crippen molar-refractivity contribution in [2.45, 2.75) is 6.42 Å². The summed E-state index contributed by atoms with van der Waals surface area (Å²) in [6.45, 7) is 0. The highest BCUT2D eigenvalue weighted by Gasteiger charge is 2.24. The number of Topliss-reactive ketones (excluding diaryl/α,β-unsaturated/α-hetero) is 1. The third-order valence-corrected chi connectivity index (χ3v) is 3.08. The topological polar surface area (TPSA) is 94.1 Å². The number of esters is 2. The fourth-order valence-corrected chi connectivity index (χ4v) is 1.75. The van der Waals surface area contributed by atoms with Gasteiger partial charge in [0.1, 0.15) is 17.9 Å². The molecular weight excluding hydrogens is 363 g/mol. The Morgan fingerprint density at radius 2 is 1.95 bits per heavy atom. The molecule has 0 bridgehead atoms. The maximum atomic E-state index is 13.6. The van der Waals surface area contributed by atoms with Crippen LogP contribution < -0.4 is 5.43 Å². The first kappa shape index (κ1) is 17.8. The van der Waals surface area contributed by atoms with Crippen LogP contribution in [0.4, 0.5) is 10.1 Å². The van der Waals surface area contributed by atoms with Crippen LogP contribution in [0.25, 0.3) is 0 Å². The molecule has 0 atom stereocenters. The number of benzene rings is 1. The summed E-state index contributed by atoms with van der Waals surface area (Å²) in [5, 5.41) is 3.54.